The maximum Gasteiger partial charge on any atom is 0.222 e. The summed E-state index contributed by atoms with van der Waals surface area (Å²) in [7, 11) is 0. The SMILES string of the molecule is CC(CC(=O)N1CCC(C)(C#N)CC1)C(C)(C)C. The Labute approximate surface area is 111 Å². The smallest absolute Gasteiger partial charge is 0.222 e. The van der Waals surface area contributed by atoms with Gasteiger partial charge in [0.25, 0.3) is 0 Å². The summed E-state index contributed by atoms with van der Waals surface area (Å²) in [4.78, 5) is 14.1. The first-order chi connectivity index (χ1) is 8.18. The fraction of sp³-hybridized carbons (Fsp3) is 0.867. The molecule has 1 aliphatic rings. The number of amides is 1. The minimum atomic E-state index is -0.230. The molecule has 3 nitrogen and oxygen atoms in total. The van der Waals surface area contributed by atoms with E-state index in [0.29, 0.717) is 12.3 Å². The third-order valence-corrected chi connectivity index (χ3v) is 4.45. The van der Waals surface area contributed by atoms with Crippen LogP contribution in [0.1, 0.15) is 53.9 Å². The molecule has 18 heavy (non-hydrogen) atoms. The lowest BCUT2D eigenvalue weighted by Crippen LogP contribution is -2.42. The Morgan fingerprint density at radius 2 is 1.89 bits per heavy atom. The Hall–Kier alpha value is -1.04. The molecular weight excluding hydrogens is 224 g/mol. The largest absolute Gasteiger partial charge is 0.343 e. The van der Waals surface area contributed by atoms with Crippen molar-refractivity contribution in [3.8, 4) is 6.07 Å². The van der Waals surface area contributed by atoms with Crippen molar-refractivity contribution < 1.29 is 4.79 Å². The molecule has 1 unspecified atom stereocenters. The molecular formula is C15H26N2O. The molecule has 1 amide bonds. The number of hydrogen-bond donors (Lipinski definition) is 0. The van der Waals surface area contributed by atoms with Crippen LogP contribution in [0.2, 0.25) is 0 Å². The first-order valence-corrected chi connectivity index (χ1v) is 6.87. The Bertz CT molecular complexity index is 340. The van der Waals surface area contributed by atoms with Crippen LogP contribution >= 0.6 is 0 Å². The number of rotatable bonds is 2. The highest BCUT2D eigenvalue weighted by molar-refractivity contribution is 5.76. The minimum absolute atomic E-state index is 0.173. The Morgan fingerprint density at radius 1 is 1.39 bits per heavy atom. The van der Waals surface area contributed by atoms with Gasteiger partial charge in [-0.15, -0.1) is 0 Å². The summed E-state index contributed by atoms with van der Waals surface area (Å²) in [5.74, 6) is 0.631. The van der Waals surface area contributed by atoms with Gasteiger partial charge < -0.3 is 4.90 Å². The highest BCUT2D eigenvalue weighted by Crippen LogP contribution is 2.32. The molecule has 0 aliphatic carbocycles. The van der Waals surface area contributed by atoms with Gasteiger partial charge in [-0.25, -0.2) is 0 Å². The zero-order chi connectivity index (χ0) is 14.0. The molecule has 0 saturated carbocycles. The van der Waals surface area contributed by atoms with E-state index in [1.54, 1.807) is 0 Å². The molecule has 1 rings (SSSR count). The summed E-state index contributed by atoms with van der Waals surface area (Å²) in [5, 5.41) is 9.07. The number of carbonyl (C=O) groups is 1. The lowest BCUT2D eigenvalue weighted by Gasteiger charge is -2.36. The lowest BCUT2D eigenvalue weighted by atomic mass is 9.79. The van der Waals surface area contributed by atoms with Gasteiger partial charge in [0.1, 0.15) is 0 Å². The van der Waals surface area contributed by atoms with Gasteiger partial charge in [-0.2, -0.15) is 5.26 Å². The molecule has 1 aliphatic heterocycles. The zero-order valence-corrected chi connectivity index (χ0v) is 12.4. The van der Waals surface area contributed by atoms with Crippen LogP contribution in [0.5, 0.6) is 0 Å². The number of nitrogens with zero attached hydrogens (tertiary/aromatic N) is 2. The van der Waals surface area contributed by atoms with Crippen molar-refractivity contribution in [1.29, 1.82) is 5.26 Å². The second-order valence-corrected chi connectivity index (χ2v) is 7.02. The molecule has 3 heteroatoms. The monoisotopic (exact) mass is 250 g/mol. The molecule has 0 N–H and O–H groups in total. The topological polar surface area (TPSA) is 44.1 Å². The van der Waals surface area contributed by atoms with Crippen molar-refractivity contribution >= 4 is 5.91 Å². The fourth-order valence-corrected chi connectivity index (χ4v) is 2.06. The summed E-state index contributed by atoms with van der Waals surface area (Å²) in [5.41, 5.74) is -0.0565. The van der Waals surface area contributed by atoms with Gasteiger partial charge in [0.05, 0.1) is 11.5 Å². The Balaban J connectivity index is 2.49. The van der Waals surface area contributed by atoms with E-state index < -0.39 is 0 Å². The van der Waals surface area contributed by atoms with E-state index in [9.17, 15) is 4.79 Å². The van der Waals surface area contributed by atoms with Crippen LogP contribution < -0.4 is 0 Å². The normalized spacial score (nSPS) is 21.2. The number of likely N-dealkylation sites (tertiary alicyclic amines) is 1. The lowest BCUT2D eigenvalue weighted by molar-refractivity contribution is -0.134. The average molecular weight is 250 g/mol. The third kappa shape index (κ3) is 3.73. The maximum atomic E-state index is 12.2. The second-order valence-electron chi connectivity index (χ2n) is 7.02. The van der Waals surface area contributed by atoms with E-state index in [1.807, 2.05) is 11.8 Å². The molecule has 1 fully saturated rings. The van der Waals surface area contributed by atoms with Gasteiger partial charge in [-0.3, -0.25) is 4.79 Å². The molecule has 0 aromatic carbocycles. The van der Waals surface area contributed by atoms with E-state index in [1.165, 1.54) is 0 Å². The molecule has 1 atom stereocenters. The predicted molar refractivity (Wildman–Crippen MR) is 72.8 cm³/mol. The number of hydrogen-bond acceptors (Lipinski definition) is 2. The van der Waals surface area contributed by atoms with Crippen molar-refractivity contribution in [3.05, 3.63) is 0 Å². The Kier molecular flexibility index (Phi) is 4.42. The van der Waals surface area contributed by atoms with Crippen LogP contribution in [0, 0.1) is 28.1 Å². The first kappa shape index (κ1) is 15.0. The minimum Gasteiger partial charge on any atom is -0.343 e. The van der Waals surface area contributed by atoms with Gasteiger partial charge in [-0.05, 0) is 31.1 Å². The van der Waals surface area contributed by atoms with Gasteiger partial charge in [0, 0.05) is 19.5 Å². The van der Waals surface area contributed by atoms with E-state index >= 15 is 0 Å². The van der Waals surface area contributed by atoms with Gasteiger partial charge in [0.2, 0.25) is 5.91 Å². The summed E-state index contributed by atoms with van der Waals surface area (Å²) < 4.78 is 0. The summed E-state index contributed by atoms with van der Waals surface area (Å²) in [6.45, 7) is 12.1. The van der Waals surface area contributed by atoms with E-state index in [0.717, 1.165) is 25.9 Å². The highest BCUT2D eigenvalue weighted by Gasteiger charge is 2.33. The van der Waals surface area contributed by atoms with Crippen LogP contribution in [0.3, 0.4) is 0 Å². The van der Waals surface area contributed by atoms with Crippen molar-refractivity contribution in [2.45, 2.75) is 53.9 Å². The van der Waals surface area contributed by atoms with Crippen molar-refractivity contribution in [2.75, 3.05) is 13.1 Å². The summed E-state index contributed by atoms with van der Waals surface area (Å²) in [6.07, 6.45) is 2.23. The van der Waals surface area contributed by atoms with Crippen LogP contribution in [-0.2, 0) is 4.79 Å². The van der Waals surface area contributed by atoms with Gasteiger partial charge >= 0.3 is 0 Å². The zero-order valence-electron chi connectivity index (χ0n) is 12.4. The first-order valence-electron chi connectivity index (χ1n) is 6.87. The quantitative estimate of drug-likeness (QED) is 0.755. The fourth-order valence-electron chi connectivity index (χ4n) is 2.06. The van der Waals surface area contributed by atoms with E-state index in [4.69, 9.17) is 5.26 Å². The highest BCUT2D eigenvalue weighted by atomic mass is 16.2. The molecule has 0 aromatic rings. The maximum absolute atomic E-state index is 12.2. The van der Waals surface area contributed by atoms with E-state index in [2.05, 4.69) is 33.8 Å². The van der Waals surface area contributed by atoms with Crippen LogP contribution in [-0.4, -0.2) is 23.9 Å². The summed E-state index contributed by atoms with van der Waals surface area (Å²) in [6, 6.07) is 2.37. The molecule has 0 aromatic heterocycles. The van der Waals surface area contributed by atoms with Gasteiger partial charge in [-0.1, -0.05) is 27.7 Å². The number of piperidine rings is 1. The molecule has 0 bridgehead atoms. The van der Waals surface area contributed by atoms with Gasteiger partial charge in [0.15, 0.2) is 0 Å². The molecule has 102 valence electrons. The van der Waals surface area contributed by atoms with Crippen LogP contribution in [0.15, 0.2) is 0 Å². The number of carbonyl (C=O) groups excluding carboxylic acids is 1. The standard InChI is InChI=1S/C15H26N2O/c1-12(14(2,3)4)10-13(18)17-8-6-15(5,11-16)7-9-17/h12H,6-10H2,1-5H3. The van der Waals surface area contributed by atoms with Crippen molar-refractivity contribution in [3.63, 3.8) is 0 Å². The van der Waals surface area contributed by atoms with E-state index in [-0.39, 0.29) is 16.7 Å². The predicted octanol–water partition coefficient (Wildman–Crippen LogP) is 3.21. The Morgan fingerprint density at radius 3 is 2.28 bits per heavy atom. The second kappa shape index (κ2) is 5.30. The summed E-state index contributed by atoms with van der Waals surface area (Å²) >= 11 is 0. The van der Waals surface area contributed by atoms with Crippen LogP contribution in [0.4, 0.5) is 0 Å². The molecule has 0 radical (unpaired) electrons. The van der Waals surface area contributed by atoms with Crippen molar-refractivity contribution in [1.82, 2.24) is 4.90 Å². The third-order valence-electron chi connectivity index (χ3n) is 4.45. The molecule has 1 heterocycles. The van der Waals surface area contributed by atoms with Crippen LogP contribution in [0.25, 0.3) is 0 Å². The molecule has 1 saturated heterocycles. The average Bonchev–Trinajstić information content (AvgIpc) is 2.28. The van der Waals surface area contributed by atoms with Crippen molar-refractivity contribution in [2.24, 2.45) is 16.7 Å². The number of nitriles is 1. The molecule has 0 spiro atoms.